The fourth-order valence-corrected chi connectivity index (χ4v) is 5.46. The Kier molecular flexibility index (Phi) is 7.54. The second kappa shape index (κ2) is 11.2. The van der Waals surface area contributed by atoms with E-state index in [0.29, 0.717) is 23.4 Å². The molecular weight excluding hydrogens is 590 g/mol. The van der Waals surface area contributed by atoms with Crippen LogP contribution in [0.25, 0.3) is 5.69 Å². The first-order valence-electron chi connectivity index (χ1n) is 13.9. The van der Waals surface area contributed by atoms with E-state index in [2.05, 4.69) is 20.3 Å². The lowest BCUT2D eigenvalue weighted by Crippen LogP contribution is -2.35. The van der Waals surface area contributed by atoms with Crippen molar-refractivity contribution in [2.24, 2.45) is 5.92 Å². The van der Waals surface area contributed by atoms with Gasteiger partial charge in [-0.05, 0) is 42.2 Å². The van der Waals surface area contributed by atoms with Gasteiger partial charge in [-0.2, -0.15) is 31.3 Å². The van der Waals surface area contributed by atoms with Crippen LogP contribution < -0.4 is 19.7 Å². The molecule has 1 aliphatic heterocycles. The molecule has 1 atom stereocenters. The third kappa shape index (κ3) is 5.84. The molecule has 232 valence electrons. The average Bonchev–Trinajstić information content (AvgIpc) is 3.43. The SMILES string of the molecule is COc1cc(Nc2ncc3c(n2)N(C)C(c2ccc(C(F)(F)F)cc2C(F)(F)F)CO3)ccc1-n1cnc(CC2CCC2)c1. The Hall–Kier alpha value is -4.49. The standard InChI is InChI=1S/C30H28F6N6O2/c1-41-24(21-8-6-18(29(31,32)33)11-22(21)30(34,35)36)15-44-26-13-37-28(40-27(26)41)39-19-7-9-23(25(12-19)43-2)42-14-20(38-16-42)10-17-4-3-5-17/h6-9,11-14,16-17,24H,3-5,10,15H2,1-2H3,(H,37,39,40). The highest BCUT2D eigenvalue weighted by Gasteiger charge is 2.41. The minimum atomic E-state index is -5.02. The predicted octanol–water partition coefficient (Wildman–Crippen LogP) is 7.36. The highest BCUT2D eigenvalue weighted by Crippen LogP contribution is 2.44. The summed E-state index contributed by atoms with van der Waals surface area (Å²) in [4.78, 5) is 14.7. The Morgan fingerprint density at radius 2 is 1.82 bits per heavy atom. The number of methoxy groups -OCH3 is 1. The zero-order chi connectivity index (χ0) is 31.2. The fraction of sp³-hybridized carbons (Fsp3) is 0.367. The predicted molar refractivity (Wildman–Crippen MR) is 150 cm³/mol. The molecule has 0 bridgehead atoms. The maximum absolute atomic E-state index is 13.9. The first-order chi connectivity index (χ1) is 20.9. The third-order valence-electron chi connectivity index (χ3n) is 8.05. The van der Waals surface area contributed by atoms with Crippen molar-refractivity contribution < 1.29 is 35.8 Å². The normalized spacial score (nSPS) is 17.1. The maximum atomic E-state index is 13.9. The van der Waals surface area contributed by atoms with Crippen molar-refractivity contribution in [2.75, 3.05) is 31.0 Å². The van der Waals surface area contributed by atoms with Crippen molar-refractivity contribution in [3.8, 4) is 17.2 Å². The maximum Gasteiger partial charge on any atom is 0.416 e. The van der Waals surface area contributed by atoms with Gasteiger partial charge >= 0.3 is 12.4 Å². The summed E-state index contributed by atoms with van der Waals surface area (Å²) in [5.74, 6) is 1.77. The number of rotatable bonds is 7. The quantitative estimate of drug-likeness (QED) is 0.217. The van der Waals surface area contributed by atoms with Crippen molar-refractivity contribution in [2.45, 2.75) is 44.1 Å². The second-order valence-electron chi connectivity index (χ2n) is 10.9. The van der Waals surface area contributed by atoms with E-state index in [0.717, 1.165) is 23.9 Å². The number of nitrogens with one attached hydrogen (secondary N) is 1. The lowest BCUT2D eigenvalue weighted by Gasteiger charge is -2.36. The van der Waals surface area contributed by atoms with Crippen LogP contribution in [0.1, 0.15) is 47.7 Å². The summed E-state index contributed by atoms with van der Waals surface area (Å²) in [5, 5.41) is 3.07. The van der Waals surface area contributed by atoms with Gasteiger partial charge in [0.2, 0.25) is 5.95 Å². The largest absolute Gasteiger partial charge is 0.494 e. The summed E-state index contributed by atoms with van der Waals surface area (Å²) in [5.41, 5.74) is -0.745. The Bertz CT molecular complexity index is 1670. The summed E-state index contributed by atoms with van der Waals surface area (Å²) >= 11 is 0. The van der Waals surface area contributed by atoms with E-state index in [1.54, 1.807) is 25.6 Å². The Morgan fingerprint density at radius 1 is 1.02 bits per heavy atom. The van der Waals surface area contributed by atoms with Gasteiger partial charge in [-0.3, -0.25) is 0 Å². The minimum absolute atomic E-state index is 0.127. The van der Waals surface area contributed by atoms with Crippen molar-refractivity contribution >= 4 is 17.5 Å². The fourth-order valence-electron chi connectivity index (χ4n) is 5.46. The number of hydrogen-bond donors (Lipinski definition) is 1. The molecular formula is C30H28F6N6O2. The Balaban J connectivity index is 1.24. The lowest BCUT2D eigenvalue weighted by molar-refractivity contribution is -0.143. The number of aromatic nitrogens is 4. The van der Waals surface area contributed by atoms with Gasteiger partial charge in [0, 0.05) is 25.0 Å². The topological polar surface area (TPSA) is 77.3 Å². The zero-order valence-corrected chi connectivity index (χ0v) is 23.7. The zero-order valence-electron chi connectivity index (χ0n) is 23.7. The van der Waals surface area contributed by atoms with Crippen molar-refractivity contribution in [3.05, 3.63) is 77.5 Å². The molecule has 0 radical (unpaired) electrons. The number of halogens is 6. The molecule has 6 rings (SSSR count). The molecule has 2 aromatic heterocycles. The van der Waals surface area contributed by atoms with Crippen LogP contribution in [-0.4, -0.2) is 40.3 Å². The summed E-state index contributed by atoms with van der Waals surface area (Å²) in [6.45, 7) is -0.247. The van der Waals surface area contributed by atoms with Crippen LogP contribution in [0.2, 0.25) is 0 Å². The Morgan fingerprint density at radius 3 is 2.50 bits per heavy atom. The van der Waals surface area contributed by atoms with Crippen LogP contribution in [-0.2, 0) is 18.8 Å². The van der Waals surface area contributed by atoms with Crippen molar-refractivity contribution in [1.29, 1.82) is 0 Å². The molecule has 0 spiro atoms. The minimum Gasteiger partial charge on any atom is -0.494 e. The van der Waals surface area contributed by atoms with Gasteiger partial charge in [0.25, 0.3) is 0 Å². The van der Waals surface area contributed by atoms with Crippen LogP contribution in [0.5, 0.6) is 11.5 Å². The Labute approximate surface area is 248 Å². The smallest absolute Gasteiger partial charge is 0.416 e. The summed E-state index contributed by atoms with van der Waals surface area (Å²) in [6.07, 6.45) is -0.149. The van der Waals surface area contributed by atoms with Gasteiger partial charge < -0.3 is 24.3 Å². The van der Waals surface area contributed by atoms with Crippen LogP contribution in [0, 0.1) is 5.92 Å². The third-order valence-corrected chi connectivity index (χ3v) is 8.05. The highest BCUT2D eigenvalue weighted by atomic mass is 19.4. The van der Waals surface area contributed by atoms with Gasteiger partial charge in [0.05, 0.1) is 48.2 Å². The monoisotopic (exact) mass is 618 g/mol. The number of alkyl halides is 6. The van der Waals surface area contributed by atoms with Crippen molar-refractivity contribution in [3.63, 3.8) is 0 Å². The second-order valence-corrected chi connectivity index (χ2v) is 10.9. The first-order valence-corrected chi connectivity index (χ1v) is 13.9. The number of nitrogens with zero attached hydrogens (tertiary/aromatic N) is 5. The van der Waals surface area contributed by atoms with E-state index >= 15 is 0 Å². The van der Waals surface area contributed by atoms with Crippen LogP contribution in [0.3, 0.4) is 0 Å². The van der Waals surface area contributed by atoms with E-state index in [1.807, 2.05) is 16.8 Å². The van der Waals surface area contributed by atoms with E-state index < -0.39 is 29.5 Å². The van der Waals surface area contributed by atoms with Crippen LogP contribution >= 0.6 is 0 Å². The molecule has 44 heavy (non-hydrogen) atoms. The molecule has 1 aliphatic carbocycles. The number of likely N-dealkylation sites (N-methyl/N-ethyl adjacent to an activating group) is 1. The first kappa shape index (κ1) is 29.6. The number of ether oxygens (including phenoxy) is 2. The van der Waals surface area contributed by atoms with Gasteiger partial charge in [0.1, 0.15) is 12.4 Å². The van der Waals surface area contributed by atoms with Gasteiger partial charge in [-0.1, -0.05) is 25.3 Å². The highest BCUT2D eigenvalue weighted by molar-refractivity contribution is 5.64. The van der Waals surface area contributed by atoms with E-state index in [4.69, 9.17) is 9.47 Å². The molecule has 1 unspecified atom stereocenters. The molecule has 1 N–H and O–H groups in total. The van der Waals surface area contributed by atoms with E-state index in [1.165, 1.54) is 37.4 Å². The molecule has 1 fully saturated rings. The van der Waals surface area contributed by atoms with E-state index in [9.17, 15) is 26.3 Å². The molecule has 4 aromatic rings. The molecule has 3 heterocycles. The van der Waals surface area contributed by atoms with Gasteiger partial charge in [0.15, 0.2) is 11.6 Å². The summed E-state index contributed by atoms with van der Waals surface area (Å²) < 4.78 is 94.4. The summed E-state index contributed by atoms with van der Waals surface area (Å²) in [6, 6.07) is 5.94. The average molecular weight is 619 g/mol. The lowest BCUT2D eigenvalue weighted by atomic mass is 9.82. The van der Waals surface area contributed by atoms with Crippen LogP contribution in [0.4, 0.5) is 43.8 Å². The number of benzene rings is 2. The van der Waals surface area contributed by atoms with Gasteiger partial charge in [-0.25, -0.2) is 9.97 Å². The van der Waals surface area contributed by atoms with Crippen LogP contribution in [0.15, 0.2) is 55.1 Å². The number of fused-ring (bicyclic) bond motifs is 1. The molecule has 8 nitrogen and oxygen atoms in total. The number of hydrogen-bond acceptors (Lipinski definition) is 7. The van der Waals surface area contributed by atoms with Crippen molar-refractivity contribution in [1.82, 2.24) is 19.5 Å². The molecule has 14 heteroatoms. The molecule has 0 amide bonds. The molecule has 2 aromatic carbocycles. The van der Waals surface area contributed by atoms with E-state index in [-0.39, 0.29) is 35.8 Å². The number of anilines is 3. The summed E-state index contributed by atoms with van der Waals surface area (Å²) in [7, 11) is 3.05. The number of imidazole rings is 1. The molecule has 1 saturated carbocycles. The molecule has 0 saturated heterocycles. The molecule has 2 aliphatic rings. The van der Waals surface area contributed by atoms with Gasteiger partial charge in [-0.15, -0.1) is 0 Å².